The number of unbranched alkanes of at least 4 members (excludes halogenated alkanes) is 1. The first-order valence-corrected chi connectivity index (χ1v) is 12.4. The van der Waals surface area contributed by atoms with Crippen molar-refractivity contribution in [1.29, 1.82) is 0 Å². The molecule has 1 unspecified atom stereocenters. The van der Waals surface area contributed by atoms with E-state index in [0.717, 1.165) is 29.3 Å². The van der Waals surface area contributed by atoms with Crippen LogP contribution in [0.4, 0.5) is 0 Å². The molecule has 0 fully saturated rings. The largest absolute Gasteiger partial charge is 0.496 e. The lowest BCUT2D eigenvalue weighted by Crippen LogP contribution is -2.14. The number of rotatable bonds is 6. The second-order valence-corrected chi connectivity index (χ2v) is 8.80. The van der Waals surface area contributed by atoms with Gasteiger partial charge in [-0.15, -0.1) is 0 Å². The molecule has 3 aromatic rings. The molecule has 4 rings (SSSR count). The Balaban J connectivity index is 0.000000204. The summed E-state index contributed by atoms with van der Waals surface area (Å²) in [6.45, 7) is 9.21. The average Bonchev–Trinajstić information content (AvgIpc) is 3.32. The molecular formula is C29H42N2O2. The number of methoxy groups -OCH3 is 1. The summed E-state index contributed by atoms with van der Waals surface area (Å²) in [7, 11) is 1.76. The van der Waals surface area contributed by atoms with Crippen LogP contribution in [0.2, 0.25) is 0 Å². The van der Waals surface area contributed by atoms with E-state index < -0.39 is 0 Å². The lowest BCUT2D eigenvalue weighted by molar-refractivity contribution is 0.145. The van der Waals surface area contributed by atoms with E-state index in [1.807, 2.05) is 49.5 Å². The van der Waals surface area contributed by atoms with Crippen LogP contribution in [0.5, 0.6) is 5.75 Å². The van der Waals surface area contributed by atoms with E-state index in [-0.39, 0.29) is 6.10 Å². The summed E-state index contributed by atoms with van der Waals surface area (Å²) in [6.07, 6.45) is 8.67. The van der Waals surface area contributed by atoms with Crippen molar-refractivity contribution in [3.63, 3.8) is 0 Å². The molecule has 4 nitrogen and oxygen atoms in total. The lowest BCUT2D eigenvalue weighted by atomic mass is 9.84. The molecular weight excluding hydrogens is 408 g/mol. The zero-order chi connectivity index (χ0) is 24.1. The summed E-state index contributed by atoms with van der Waals surface area (Å²) in [6, 6.07) is 18.4. The number of nitrogens with zero attached hydrogens (tertiary/aromatic N) is 2. The number of ether oxygens (including phenoxy) is 1. The van der Waals surface area contributed by atoms with Crippen molar-refractivity contribution in [1.82, 2.24) is 9.78 Å². The Bertz CT molecular complexity index is 918. The van der Waals surface area contributed by atoms with Crippen LogP contribution in [0.15, 0.2) is 60.8 Å². The molecule has 0 bridgehead atoms. The van der Waals surface area contributed by atoms with Gasteiger partial charge in [0.25, 0.3) is 0 Å². The zero-order valence-electron chi connectivity index (χ0n) is 21.1. The average molecular weight is 451 g/mol. The fourth-order valence-corrected chi connectivity index (χ4v) is 3.72. The normalized spacial score (nSPS) is 15.3. The molecule has 2 atom stereocenters. The van der Waals surface area contributed by atoms with Crippen molar-refractivity contribution in [3.05, 3.63) is 71.9 Å². The smallest absolute Gasteiger partial charge is 0.122 e. The third kappa shape index (κ3) is 8.70. The van der Waals surface area contributed by atoms with Crippen molar-refractivity contribution in [2.45, 2.75) is 78.9 Å². The Morgan fingerprint density at radius 2 is 1.76 bits per heavy atom. The molecule has 0 saturated carbocycles. The number of benzene rings is 2. The Morgan fingerprint density at radius 1 is 1.03 bits per heavy atom. The molecule has 1 aromatic heterocycles. The Morgan fingerprint density at radius 3 is 2.39 bits per heavy atom. The highest BCUT2D eigenvalue weighted by Gasteiger charge is 2.17. The molecule has 0 saturated heterocycles. The number of aromatic nitrogens is 2. The van der Waals surface area contributed by atoms with Gasteiger partial charge in [0.2, 0.25) is 0 Å². The molecule has 0 amide bonds. The van der Waals surface area contributed by atoms with Gasteiger partial charge >= 0.3 is 0 Å². The maximum Gasteiger partial charge on any atom is 0.122 e. The van der Waals surface area contributed by atoms with Crippen LogP contribution in [0.1, 0.15) is 64.5 Å². The number of hydrogen-bond acceptors (Lipinski definition) is 3. The molecule has 1 heterocycles. The Labute approximate surface area is 200 Å². The minimum absolute atomic E-state index is 0.316. The minimum atomic E-state index is -0.316. The molecule has 33 heavy (non-hydrogen) atoms. The van der Waals surface area contributed by atoms with Gasteiger partial charge in [-0.1, -0.05) is 83.0 Å². The van der Waals surface area contributed by atoms with Gasteiger partial charge in [0.1, 0.15) is 5.75 Å². The summed E-state index contributed by atoms with van der Waals surface area (Å²) < 4.78 is 7.14. The minimum Gasteiger partial charge on any atom is -0.496 e. The molecule has 0 aliphatic heterocycles. The summed E-state index contributed by atoms with van der Waals surface area (Å²) in [5, 5.41) is 14.0. The first-order chi connectivity index (χ1) is 16.0. The highest BCUT2D eigenvalue weighted by molar-refractivity contribution is 5.57. The van der Waals surface area contributed by atoms with Crippen LogP contribution in [0.25, 0.3) is 11.3 Å². The maximum absolute atomic E-state index is 9.53. The van der Waals surface area contributed by atoms with Gasteiger partial charge in [0.15, 0.2) is 0 Å². The SMILES string of the molecule is CCC(O)Cn1ccc(-c2ccccc2)n1.CCCC.COc1cccc2c1CC[C@H](C)C2. The van der Waals surface area contributed by atoms with Crippen molar-refractivity contribution in [2.75, 3.05) is 7.11 Å². The van der Waals surface area contributed by atoms with Crippen molar-refractivity contribution < 1.29 is 9.84 Å². The monoisotopic (exact) mass is 450 g/mol. The molecule has 1 aliphatic rings. The van der Waals surface area contributed by atoms with E-state index in [9.17, 15) is 5.11 Å². The van der Waals surface area contributed by atoms with E-state index in [0.29, 0.717) is 6.54 Å². The van der Waals surface area contributed by atoms with E-state index >= 15 is 0 Å². The van der Waals surface area contributed by atoms with Crippen molar-refractivity contribution in [2.24, 2.45) is 5.92 Å². The standard InChI is InChI=1S/C13H16N2O.C12H16O.C4H10/c1-2-12(16)10-15-9-8-13(14-15)11-6-4-3-5-7-11;1-9-6-7-11-10(8-9)4-3-5-12(11)13-2;1-3-4-2/h3-9,12,16H,2,10H2,1H3;3-5,9H,6-8H2,1-2H3;3-4H2,1-2H3/t;9-;/m.0./s1. The highest BCUT2D eigenvalue weighted by atomic mass is 16.5. The number of aliphatic hydroxyl groups is 1. The number of aliphatic hydroxyl groups excluding tert-OH is 1. The van der Waals surface area contributed by atoms with Crippen molar-refractivity contribution >= 4 is 0 Å². The summed E-state index contributed by atoms with van der Waals surface area (Å²) in [5.74, 6) is 1.91. The molecule has 0 radical (unpaired) electrons. The summed E-state index contributed by atoms with van der Waals surface area (Å²) in [4.78, 5) is 0. The first-order valence-electron chi connectivity index (χ1n) is 12.4. The van der Waals surface area contributed by atoms with E-state index in [1.165, 1.54) is 43.2 Å². The van der Waals surface area contributed by atoms with Crippen LogP contribution in [0.3, 0.4) is 0 Å². The molecule has 0 spiro atoms. The summed E-state index contributed by atoms with van der Waals surface area (Å²) in [5.41, 5.74) is 4.97. The van der Waals surface area contributed by atoms with Gasteiger partial charge < -0.3 is 9.84 Å². The van der Waals surface area contributed by atoms with Crippen molar-refractivity contribution in [3.8, 4) is 17.0 Å². The molecule has 4 heteroatoms. The van der Waals surface area contributed by atoms with Crippen LogP contribution in [-0.2, 0) is 19.4 Å². The zero-order valence-corrected chi connectivity index (χ0v) is 21.1. The maximum atomic E-state index is 9.53. The topological polar surface area (TPSA) is 47.3 Å². The van der Waals surface area contributed by atoms with Crippen LogP contribution >= 0.6 is 0 Å². The predicted molar refractivity (Wildman–Crippen MR) is 139 cm³/mol. The highest BCUT2D eigenvalue weighted by Crippen LogP contribution is 2.31. The van der Waals surface area contributed by atoms with Crippen LogP contribution in [-0.4, -0.2) is 28.1 Å². The fraction of sp³-hybridized carbons (Fsp3) is 0.483. The number of hydrogen-bond donors (Lipinski definition) is 1. The van der Waals surface area contributed by atoms with Gasteiger partial charge in [-0.3, -0.25) is 4.68 Å². The third-order valence-corrected chi connectivity index (χ3v) is 5.98. The second kappa shape index (κ2) is 14.5. The first kappa shape index (κ1) is 26.7. The molecule has 1 aliphatic carbocycles. The van der Waals surface area contributed by atoms with E-state index in [4.69, 9.17) is 4.74 Å². The molecule has 180 valence electrons. The Kier molecular flexibility index (Phi) is 11.7. The van der Waals surface area contributed by atoms with Gasteiger partial charge in [-0.25, -0.2) is 0 Å². The van der Waals surface area contributed by atoms with E-state index in [2.05, 4.69) is 44.1 Å². The predicted octanol–water partition coefficient (Wildman–Crippen LogP) is 6.95. The van der Waals surface area contributed by atoms with Gasteiger partial charge in [-0.2, -0.15) is 5.10 Å². The third-order valence-electron chi connectivity index (χ3n) is 5.98. The fourth-order valence-electron chi connectivity index (χ4n) is 3.72. The van der Waals surface area contributed by atoms with Gasteiger partial charge in [-0.05, 0) is 54.9 Å². The van der Waals surface area contributed by atoms with Crippen LogP contribution in [0, 0.1) is 5.92 Å². The van der Waals surface area contributed by atoms with Gasteiger partial charge in [0, 0.05) is 11.8 Å². The number of fused-ring (bicyclic) bond motifs is 1. The van der Waals surface area contributed by atoms with Crippen LogP contribution < -0.4 is 4.74 Å². The second-order valence-electron chi connectivity index (χ2n) is 8.80. The quantitative estimate of drug-likeness (QED) is 0.442. The van der Waals surface area contributed by atoms with Gasteiger partial charge in [0.05, 0.1) is 25.5 Å². The lowest BCUT2D eigenvalue weighted by Gasteiger charge is -2.22. The molecule has 1 N–H and O–H groups in total. The van der Waals surface area contributed by atoms with E-state index in [1.54, 1.807) is 11.8 Å². The molecule has 2 aromatic carbocycles. The summed E-state index contributed by atoms with van der Waals surface area (Å²) >= 11 is 0. The Hall–Kier alpha value is -2.59.